The lowest BCUT2D eigenvalue weighted by molar-refractivity contribution is -0.279. The fourth-order valence-corrected chi connectivity index (χ4v) is 7.56. The zero-order valence-corrected chi connectivity index (χ0v) is 30.4. The van der Waals surface area contributed by atoms with Crippen molar-refractivity contribution in [2.24, 2.45) is 0 Å². The van der Waals surface area contributed by atoms with Gasteiger partial charge in [-0.1, -0.05) is 136 Å². The maximum Gasteiger partial charge on any atom is 0.220 e. The molecular weight excluding hydrogens is 654 g/mol. The molecule has 5 atom stereocenters. The van der Waals surface area contributed by atoms with E-state index in [1.54, 1.807) is 0 Å². The highest BCUT2D eigenvalue weighted by atomic mass is 16.6. The summed E-state index contributed by atoms with van der Waals surface area (Å²) < 4.78 is 5.30. The van der Waals surface area contributed by atoms with Crippen LogP contribution in [0.15, 0.2) is 84.9 Å². The molecule has 1 heterocycles. The Kier molecular flexibility index (Phi) is 15.2. The molecule has 280 valence electrons. The van der Waals surface area contributed by atoms with Crippen molar-refractivity contribution in [2.45, 2.75) is 133 Å². The molecule has 0 spiro atoms. The highest BCUT2D eigenvalue weighted by molar-refractivity contribution is 5.90. The number of ketones is 1. The Bertz CT molecular complexity index is 1730. The summed E-state index contributed by atoms with van der Waals surface area (Å²) in [5.74, 6) is -1.11. The maximum atomic E-state index is 13.4. The van der Waals surface area contributed by atoms with Crippen LogP contribution in [0.5, 0.6) is 0 Å². The summed E-state index contributed by atoms with van der Waals surface area (Å²) in [5.41, 5.74) is 0.195. The Hall–Kier alpha value is -3.66. The van der Waals surface area contributed by atoms with Crippen molar-refractivity contribution >= 4 is 33.2 Å². The van der Waals surface area contributed by atoms with Crippen LogP contribution in [0.25, 0.3) is 21.5 Å². The van der Waals surface area contributed by atoms with Gasteiger partial charge in [-0.25, -0.2) is 0 Å². The Morgan fingerprint density at radius 3 is 1.60 bits per heavy atom. The molecule has 5 N–H and O–H groups in total. The SMILES string of the molecule is O=C(CCCCCCCCc1ccc2ccccc2c1)N[C@@H]1[C@@H](O)O[C@H](CO)[C@@H](O)[C@@]1(O)C(=O)CCCCCCCCc1ccc2ccccc2c1. The van der Waals surface area contributed by atoms with Gasteiger partial charge in [0.2, 0.25) is 5.91 Å². The molecule has 1 aliphatic rings. The molecule has 8 nitrogen and oxygen atoms in total. The lowest BCUT2D eigenvalue weighted by Gasteiger charge is -2.47. The number of aliphatic hydroxyl groups excluding tert-OH is 3. The van der Waals surface area contributed by atoms with E-state index in [0.717, 1.165) is 77.0 Å². The fourth-order valence-electron chi connectivity index (χ4n) is 7.56. The summed E-state index contributed by atoms with van der Waals surface area (Å²) in [6.45, 7) is -0.698. The smallest absolute Gasteiger partial charge is 0.220 e. The van der Waals surface area contributed by atoms with Crippen LogP contribution in [0.3, 0.4) is 0 Å². The second-order valence-corrected chi connectivity index (χ2v) is 14.6. The zero-order valence-electron chi connectivity index (χ0n) is 30.4. The number of benzene rings is 4. The summed E-state index contributed by atoms with van der Waals surface area (Å²) in [6.07, 6.45) is 8.41. The van der Waals surface area contributed by atoms with Gasteiger partial charge in [-0.15, -0.1) is 0 Å². The summed E-state index contributed by atoms with van der Waals surface area (Å²) in [6, 6.07) is 28.4. The van der Waals surface area contributed by atoms with Gasteiger partial charge in [0.25, 0.3) is 0 Å². The minimum atomic E-state index is -2.48. The largest absolute Gasteiger partial charge is 0.394 e. The normalized spacial score (nSPS) is 21.8. The summed E-state index contributed by atoms with van der Waals surface area (Å²) >= 11 is 0. The summed E-state index contributed by atoms with van der Waals surface area (Å²) in [5, 5.41) is 50.5. The predicted molar refractivity (Wildman–Crippen MR) is 206 cm³/mol. The van der Waals surface area contributed by atoms with Crippen LogP contribution < -0.4 is 5.32 Å². The van der Waals surface area contributed by atoms with E-state index in [1.807, 2.05) is 6.07 Å². The highest BCUT2D eigenvalue weighted by Crippen LogP contribution is 2.32. The fraction of sp³-hybridized carbons (Fsp3) is 0.500. The number of ether oxygens (including phenoxy) is 1. The van der Waals surface area contributed by atoms with Crippen LogP contribution in [0.2, 0.25) is 0 Å². The standard InChI is InChI=1S/C44H57NO7/c46-31-38-42(49)44(51,39(47)23-11-7-3-1-5-9-17-32-25-27-34-19-13-15-21-36(34)29-32)41(43(50)52-38)45-40(48)24-12-8-4-2-6-10-18-33-26-28-35-20-14-16-22-37(35)30-33/h13-16,19-22,25-30,38,41-43,46,49-51H,1-12,17-18,23-24,31H2,(H,45,48)/t38-,41-,42-,43+,44-/m1/s1. The van der Waals surface area contributed by atoms with Gasteiger partial charge in [0.15, 0.2) is 17.7 Å². The minimum absolute atomic E-state index is 0.0250. The minimum Gasteiger partial charge on any atom is -0.394 e. The van der Waals surface area contributed by atoms with Gasteiger partial charge < -0.3 is 30.5 Å². The molecule has 8 heteroatoms. The van der Waals surface area contributed by atoms with Crippen molar-refractivity contribution in [3.8, 4) is 0 Å². The molecule has 1 amide bonds. The molecule has 1 saturated heterocycles. The van der Waals surface area contributed by atoms with Gasteiger partial charge in [-0.05, 0) is 71.2 Å². The second-order valence-electron chi connectivity index (χ2n) is 14.6. The third-order valence-electron chi connectivity index (χ3n) is 10.7. The van der Waals surface area contributed by atoms with E-state index in [1.165, 1.54) is 32.7 Å². The zero-order chi connectivity index (χ0) is 36.8. The lowest BCUT2D eigenvalue weighted by atomic mass is 9.77. The van der Waals surface area contributed by atoms with Gasteiger partial charge in [-0.3, -0.25) is 9.59 Å². The number of carbonyl (C=O) groups excluding carboxylic acids is 2. The molecule has 0 saturated carbocycles. The number of amides is 1. The number of unbranched alkanes of at least 4 members (excludes halogenated alkanes) is 10. The van der Waals surface area contributed by atoms with Gasteiger partial charge in [0.1, 0.15) is 18.2 Å². The first kappa shape index (κ1) is 39.5. The molecular formula is C44H57NO7. The molecule has 0 bridgehead atoms. The average Bonchev–Trinajstić information content (AvgIpc) is 3.16. The molecule has 0 unspecified atom stereocenters. The number of rotatable bonds is 21. The first-order valence-corrected chi connectivity index (χ1v) is 19.4. The van der Waals surface area contributed by atoms with Crippen molar-refractivity contribution in [3.63, 3.8) is 0 Å². The predicted octanol–water partition coefficient (Wildman–Crippen LogP) is 7.10. The van der Waals surface area contributed by atoms with Gasteiger partial charge >= 0.3 is 0 Å². The van der Waals surface area contributed by atoms with E-state index in [2.05, 4.69) is 84.2 Å². The molecule has 52 heavy (non-hydrogen) atoms. The lowest BCUT2D eigenvalue weighted by Crippen LogP contribution is -2.74. The van der Waals surface area contributed by atoms with Crippen LogP contribution in [-0.2, 0) is 27.2 Å². The van der Waals surface area contributed by atoms with E-state index >= 15 is 0 Å². The number of carbonyl (C=O) groups is 2. The maximum absolute atomic E-state index is 13.4. The van der Waals surface area contributed by atoms with Crippen LogP contribution in [-0.4, -0.2) is 68.9 Å². The molecule has 0 radical (unpaired) electrons. The van der Waals surface area contributed by atoms with E-state index in [4.69, 9.17) is 4.74 Å². The van der Waals surface area contributed by atoms with Crippen LogP contribution in [0, 0.1) is 0 Å². The average molecular weight is 712 g/mol. The first-order valence-electron chi connectivity index (χ1n) is 19.4. The summed E-state index contributed by atoms with van der Waals surface area (Å²) in [4.78, 5) is 26.4. The van der Waals surface area contributed by atoms with Crippen molar-refractivity contribution in [1.29, 1.82) is 0 Å². The number of aliphatic hydroxyl groups is 4. The Balaban J connectivity index is 0.981. The molecule has 1 fully saturated rings. The Morgan fingerprint density at radius 2 is 1.08 bits per heavy atom. The van der Waals surface area contributed by atoms with E-state index in [0.29, 0.717) is 12.8 Å². The number of fused-ring (bicyclic) bond motifs is 2. The molecule has 1 aliphatic heterocycles. The first-order chi connectivity index (χ1) is 25.3. The topological polar surface area (TPSA) is 136 Å². The quantitative estimate of drug-likeness (QED) is 0.0582. The van der Waals surface area contributed by atoms with Gasteiger partial charge in [0.05, 0.1) is 6.61 Å². The highest BCUT2D eigenvalue weighted by Gasteiger charge is 2.59. The van der Waals surface area contributed by atoms with Crippen LogP contribution >= 0.6 is 0 Å². The van der Waals surface area contributed by atoms with Gasteiger partial charge in [0, 0.05) is 12.8 Å². The molecule has 4 aromatic carbocycles. The number of hydrogen-bond acceptors (Lipinski definition) is 7. The molecule has 0 aliphatic carbocycles. The van der Waals surface area contributed by atoms with Crippen LogP contribution in [0.1, 0.15) is 101 Å². The van der Waals surface area contributed by atoms with Crippen molar-refractivity contribution in [3.05, 3.63) is 96.1 Å². The van der Waals surface area contributed by atoms with Crippen molar-refractivity contribution in [2.75, 3.05) is 6.61 Å². The van der Waals surface area contributed by atoms with Gasteiger partial charge in [-0.2, -0.15) is 0 Å². The molecule has 0 aromatic heterocycles. The number of aryl methyl sites for hydroxylation is 2. The Labute approximate surface area is 308 Å². The second kappa shape index (κ2) is 20.0. The number of hydrogen-bond donors (Lipinski definition) is 5. The number of Topliss-reactive ketones (excluding diaryl/α,β-unsaturated/α-hetero) is 1. The van der Waals surface area contributed by atoms with E-state index in [-0.39, 0.29) is 12.8 Å². The third-order valence-corrected chi connectivity index (χ3v) is 10.7. The van der Waals surface area contributed by atoms with Crippen LogP contribution in [0.4, 0.5) is 0 Å². The Morgan fingerprint density at radius 1 is 0.615 bits per heavy atom. The number of nitrogens with one attached hydrogen (secondary N) is 1. The molecule has 5 rings (SSSR count). The van der Waals surface area contributed by atoms with E-state index in [9.17, 15) is 30.0 Å². The van der Waals surface area contributed by atoms with Crippen molar-refractivity contribution in [1.82, 2.24) is 5.32 Å². The summed E-state index contributed by atoms with van der Waals surface area (Å²) in [7, 11) is 0. The third kappa shape index (κ3) is 10.7. The monoisotopic (exact) mass is 711 g/mol. The molecule has 4 aromatic rings. The van der Waals surface area contributed by atoms with E-state index < -0.39 is 48.4 Å². The van der Waals surface area contributed by atoms with Crippen molar-refractivity contribution < 1.29 is 34.8 Å².